The van der Waals surface area contributed by atoms with Gasteiger partial charge in [0.1, 0.15) is 0 Å². The number of benzene rings is 1. The van der Waals surface area contributed by atoms with Crippen LogP contribution in [0.3, 0.4) is 0 Å². The second kappa shape index (κ2) is 5.29. The largest absolute Gasteiger partial charge is 0.398 e. The Bertz CT molecular complexity index is 601. The molecule has 0 bridgehead atoms. The minimum atomic E-state index is 0.112. The van der Waals surface area contributed by atoms with E-state index in [1.54, 1.807) is 0 Å². The number of nitrogens with zero attached hydrogens (tertiary/aromatic N) is 1. The highest BCUT2D eigenvalue weighted by Gasteiger charge is 2.31. The molecule has 3 nitrogen and oxygen atoms in total. The number of carbonyl (C=O) groups excluding carboxylic acids is 1. The number of thiophene rings is 1. The zero-order valence-electron chi connectivity index (χ0n) is 11.5. The van der Waals surface area contributed by atoms with Crippen LogP contribution in [0.25, 0.3) is 0 Å². The van der Waals surface area contributed by atoms with Crippen molar-refractivity contribution in [3.63, 3.8) is 0 Å². The van der Waals surface area contributed by atoms with E-state index in [2.05, 4.69) is 12.1 Å². The summed E-state index contributed by atoms with van der Waals surface area (Å²) in [5.41, 5.74) is 7.80. The van der Waals surface area contributed by atoms with Crippen LogP contribution in [-0.4, -0.2) is 17.4 Å². The van der Waals surface area contributed by atoms with Gasteiger partial charge in [-0.25, -0.2) is 0 Å². The maximum Gasteiger partial charge on any atom is 0.264 e. The summed E-state index contributed by atoms with van der Waals surface area (Å²) >= 11 is 1.49. The summed E-state index contributed by atoms with van der Waals surface area (Å²) in [6, 6.07) is 12.3. The average molecular weight is 286 g/mol. The van der Waals surface area contributed by atoms with Gasteiger partial charge in [-0.1, -0.05) is 30.3 Å². The van der Waals surface area contributed by atoms with Gasteiger partial charge in [-0.05, 0) is 31.4 Å². The second-order valence-electron chi connectivity index (χ2n) is 5.19. The molecule has 1 aliphatic rings. The van der Waals surface area contributed by atoms with E-state index in [4.69, 9.17) is 5.73 Å². The van der Waals surface area contributed by atoms with Gasteiger partial charge in [0, 0.05) is 17.1 Å². The molecule has 0 saturated carbocycles. The Hall–Kier alpha value is -1.81. The second-order valence-corrected chi connectivity index (χ2v) is 6.45. The lowest BCUT2D eigenvalue weighted by molar-refractivity contribution is 0.0740. The first-order valence-electron chi connectivity index (χ1n) is 6.88. The average Bonchev–Trinajstić information content (AvgIpc) is 3.07. The zero-order valence-corrected chi connectivity index (χ0v) is 12.3. The number of amides is 1. The Morgan fingerprint density at radius 2 is 2.10 bits per heavy atom. The van der Waals surface area contributed by atoms with E-state index in [9.17, 15) is 4.79 Å². The molecule has 104 valence electrons. The lowest BCUT2D eigenvalue weighted by Gasteiger charge is -2.24. The van der Waals surface area contributed by atoms with E-state index in [1.807, 2.05) is 36.1 Å². The Kier molecular flexibility index (Phi) is 3.49. The van der Waals surface area contributed by atoms with Gasteiger partial charge in [0.2, 0.25) is 0 Å². The van der Waals surface area contributed by atoms with Crippen molar-refractivity contribution in [2.45, 2.75) is 25.8 Å². The molecule has 0 spiro atoms. The molecule has 1 fully saturated rings. The molecule has 0 aliphatic carbocycles. The summed E-state index contributed by atoms with van der Waals surface area (Å²) in [6.45, 7) is 2.78. The van der Waals surface area contributed by atoms with Crippen molar-refractivity contribution in [3.8, 4) is 0 Å². The first-order chi connectivity index (χ1) is 9.66. The summed E-state index contributed by atoms with van der Waals surface area (Å²) in [4.78, 5) is 16.4. The standard InChI is InChI=1S/C16H18N2OS/c1-11-13(17)10-15(20-11)16(19)18-9-5-8-14(18)12-6-3-2-4-7-12/h2-4,6-7,10,14H,5,8-9,17H2,1H3. The highest BCUT2D eigenvalue weighted by atomic mass is 32.1. The molecular weight excluding hydrogens is 268 g/mol. The third-order valence-electron chi connectivity index (χ3n) is 3.86. The number of anilines is 1. The summed E-state index contributed by atoms with van der Waals surface area (Å²) < 4.78 is 0. The minimum Gasteiger partial charge on any atom is -0.398 e. The SMILES string of the molecule is Cc1sc(C(=O)N2CCCC2c2ccccc2)cc1N. The third-order valence-corrected chi connectivity index (χ3v) is 4.92. The highest BCUT2D eigenvalue weighted by Crippen LogP contribution is 2.34. The predicted octanol–water partition coefficient (Wildman–Crippen LogP) is 3.62. The molecule has 2 heterocycles. The van der Waals surface area contributed by atoms with Gasteiger partial charge in [-0.3, -0.25) is 4.79 Å². The molecule has 1 aromatic carbocycles. The van der Waals surface area contributed by atoms with E-state index >= 15 is 0 Å². The Labute approximate surface area is 123 Å². The van der Waals surface area contributed by atoms with Crippen LogP contribution in [-0.2, 0) is 0 Å². The maximum absolute atomic E-state index is 12.7. The summed E-state index contributed by atoms with van der Waals surface area (Å²) in [5.74, 6) is 0.112. The number of nitrogens with two attached hydrogens (primary N) is 1. The van der Waals surface area contributed by atoms with Crippen molar-refractivity contribution >= 4 is 22.9 Å². The first kappa shape index (κ1) is 13.2. The van der Waals surface area contributed by atoms with E-state index in [0.717, 1.165) is 29.1 Å². The lowest BCUT2D eigenvalue weighted by Crippen LogP contribution is -2.29. The number of hydrogen-bond acceptors (Lipinski definition) is 3. The van der Waals surface area contributed by atoms with Crippen molar-refractivity contribution in [1.29, 1.82) is 0 Å². The van der Waals surface area contributed by atoms with Crippen molar-refractivity contribution in [2.24, 2.45) is 0 Å². The molecule has 1 saturated heterocycles. The zero-order chi connectivity index (χ0) is 14.1. The Morgan fingerprint density at radius 1 is 1.35 bits per heavy atom. The van der Waals surface area contributed by atoms with Gasteiger partial charge >= 0.3 is 0 Å². The molecule has 4 heteroatoms. The Balaban J connectivity index is 1.87. The molecular formula is C16H18N2OS. The molecule has 2 N–H and O–H groups in total. The normalized spacial score (nSPS) is 18.4. The van der Waals surface area contributed by atoms with Crippen LogP contribution in [0.15, 0.2) is 36.4 Å². The summed E-state index contributed by atoms with van der Waals surface area (Å²) in [5, 5.41) is 0. The number of carbonyl (C=O) groups is 1. The number of nitrogen functional groups attached to an aromatic ring is 1. The van der Waals surface area contributed by atoms with Gasteiger partial charge in [0.15, 0.2) is 0 Å². The molecule has 1 amide bonds. The fourth-order valence-corrected chi connectivity index (χ4v) is 3.67. The fourth-order valence-electron chi connectivity index (χ4n) is 2.77. The van der Waals surface area contributed by atoms with E-state index in [0.29, 0.717) is 5.69 Å². The van der Waals surface area contributed by atoms with Crippen molar-refractivity contribution < 1.29 is 4.79 Å². The number of hydrogen-bond donors (Lipinski definition) is 1. The molecule has 1 unspecified atom stereocenters. The summed E-state index contributed by atoms with van der Waals surface area (Å²) in [6.07, 6.45) is 2.10. The van der Waals surface area contributed by atoms with E-state index in [-0.39, 0.29) is 11.9 Å². The summed E-state index contributed by atoms with van der Waals surface area (Å²) in [7, 11) is 0. The third kappa shape index (κ3) is 2.31. The number of aryl methyl sites for hydroxylation is 1. The Morgan fingerprint density at radius 3 is 2.75 bits per heavy atom. The lowest BCUT2D eigenvalue weighted by atomic mass is 10.0. The van der Waals surface area contributed by atoms with Gasteiger partial charge in [-0.2, -0.15) is 0 Å². The highest BCUT2D eigenvalue weighted by molar-refractivity contribution is 7.14. The van der Waals surface area contributed by atoms with Gasteiger partial charge in [0.25, 0.3) is 5.91 Å². The van der Waals surface area contributed by atoms with Crippen LogP contribution >= 0.6 is 11.3 Å². The van der Waals surface area contributed by atoms with E-state index in [1.165, 1.54) is 16.9 Å². The number of rotatable bonds is 2. The van der Waals surface area contributed by atoms with Crippen LogP contribution < -0.4 is 5.73 Å². The first-order valence-corrected chi connectivity index (χ1v) is 7.70. The molecule has 1 aliphatic heterocycles. The molecule has 3 rings (SSSR count). The molecule has 0 radical (unpaired) electrons. The van der Waals surface area contributed by atoms with Crippen molar-refractivity contribution in [3.05, 3.63) is 51.7 Å². The number of likely N-dealkylation sites (tertiary alicyclic amines) is 1. The van der Waals surface area contributed by atoms with Gasteiger partial charge in [-0.15, -0.1) is 11.3 Å². The van der Waals surface area contributed by atoms with Crippen LogP contribution in [0.4, 0.5) is 5.69 Å². The van der Waals surface area contributed by atoms with Crippen LogP contribution in [0, 0.1) is 6.92 Å². The maximum atomic E-state index is 12.7. The van der Waals surface area contributed by atoms with Crippen LogP contribution in [0.2, 0.25) is 0 Å². The molecule has 1 aromatic heterocycles. The monoisotopic (exact) mass is 286 g/mol. The topological polar surface area (TPSA) is 46.3 Å². The smallest absolute Gasteiger partial charge is 0.264 e. The minimum absolute atomic E-state index is 0.112. The van der Waals surface area contributed by atoms with Gasteiger partial charge < -0.3 is 10.6 Å². The van der Waals surface area contributed by atoms with E-state index < -0.39 is 0 Å². The van der Waals surface area contributed by atoms with Crippen molar-refractivity contribution in [1.82, 2.24) is 4.90 Å². The molecule has 1 atom stereocenters. The van der Waals surface area contributed by atoms with Crippen LogP contribution in [0.1, 0.15) is 39.0 Å². The quantitative estimate of drug-likeness (QED) is 0.916. The molecule has 20 heavy (non-hydrogen) atoms. The van der Waals surface area contributed by atoms with Crippen molar-refractivity contribution in [2.75, 3.05) is 12.3 Å². The van der Waals surface area contributed by atoms with Gasteiger partial charge in [0.05, 0.1) is 10.9 Å². The molecule has 2 aromatic rings. The fraction of sp³-hybridized carbons (Fsp3) is 0.312. The van der Waals surface area contributed by atoms with Crippen LogP contribution in [0.5, 0.6) is 0 Å². The predicted molar refractivity (Wildman–Crippen MR) is 82.9 cm³/mol.